The molecule has 0 aliphatic carbocycles. The minimum Gasteiger partial charge on any atom is -0.465 e. The highest BCUT2D eigenvalue weighted by molar-refractivity contribution is 8.00. The van der Waals surface area contributed by atoms with E-state index in [0.717, 1.165) is 31.4 Å². The Hall–Kier alpha value is -0.250. The lowest BCUT2D eigenvalue weighted by Crippen LogP contribution is -2.20. The van der Waals surface area contributed by atoms with Crippen LogP contribution in [0.1, 0.15) is 59.3 Å². The van der Waals surface area contributed by atoms with Gasteiger partial charge in [0.2, 0.25) is 0 Å². The number of thioether (sulfide) groups is 1. The SMILES string of the molecule is CCCC(SCCCCC(F)CC)C(=O)OCC. The Morgan fingerprint density at radius 1 is 1.22 bits per heavy atom. The molecule has 2 nitrogen and oxygen atoms in total. The standard InChI is InChI=1S/C14H27FO2S/c1-4-9-13(14(16)17-6-3)18-11-8-7-10-12(15)5-2/h12-13H,4-11H2,1-3H3. The lowest BCUT2D eigenvalue weighted by atomic mass is 10.1. The van der Waals surface area contributed by atoms with E-state index in [1.54, 1.807) is 11.8 Å². The van der Waals surface area contributed by atoms with Crippen molar-refractivity contribution in [2.75, 3.05) is 12.4 Å². The number of unbranched alkanes of at least 4 members (excludes halogenated alkanes) is 1. The second kappa shape index (κ2) is 11.8. The van der Waals surface area contributed by atoms with E-state index in [-0.39, 0.29) is 11.2 Å². The van der Waals surface area contributed by atoms with Gasteiger partial charge in [0.1, 0.15) is 5.25 Å². The summed E-state index contributed by atoms with van der Waals surface area (Å²) in [7, 11) is 0. The molecule has 0 aromatic rings. The number of esters is 1. The van der Waals surface area contributed by atoms with Gasteiger partial charge in [-0.15, -0.1) is 11.8 Å². The quantitative estimate of drug-likeness (QED) is 0.415. The first-order valence-electron chi connectivity index (χ1n) is 7.07. The molecule has 0 amide bonds. The third-order valence-corrected chi connectivity index (χ3v) is 4.13. The van der Waals surface area contributed by atoms with Crippen molar-refractivity contribution in [1.29, 1.82) is 0 Å². The van der Waals surface area contributed by atoms with E-state index in [4.69, 9.17) is 4.74 Å². The molecule has 0 aromatic heterocycles. The molecule has 0 saturated heterocycles. The zero-order valence-electron chi connectivity index (χ0n) is 11.9. The van der Waals surface area contributed by atoms with Gasteiger partial charge in [-0.1, -0.05) is 20.3 Å². The number of alkyl halides is 1. The molecular formula is C14H27FO2S. The molecule has 2 atom stereocenters. The number of carbonyl (C=O) groups is 1. The van der Waals surface area contributed by atoms with Gasteiger partial charge in [0, 0.05) is 0 Å². The van der Waals surface area contributed by atoms with Crippen LogP contribution in [-0.2, 0) is 9.53 Å². The molecule has 0 heterocycles. The smallest absolute Gasteiger partial charge is 0.319 e. The van der Waals surface area contributed by atoms with E-state index in [1.165, 1.54) is 0 Å². The summed E-state index contributed by atoms with van der Waals surface area (Å²) >= 11 is 1.66. The predicted molar refractivity (Wildman–Crippen MR) is 76.8 cm³/mol. The highest BCUT2D eigenvalue weighted by atomic mass is 32.2. The number of rotatable bonds is 11. The minimum absolute atomic E-state index is 0.0395. The number of carbonyl (C=O) groups excluding carboxylic acids is 1. The van der Waals surface area contributed by atoms with Crippen molar-refractivity contribution >= 4 is 17.7 Å². The van der Waals surface area contributed by atoms with E-state index in [2.05, 4.69) is 6.92 Å². The molecule has 0 bridgehead atoms. The largest absolute Gasteiger partial charge is 0.465 e. The summed E-state index contributed by atoms with van der Waals surface area (Å²) in [5.41, 5.74) is 0. The summed E-state index contributed by atoms with van der Waals surface area (Å²) in [5, 5.41) is -0.0395. The van der Waals surface area contributed by atoms with Crippen LogP contribution in [0.2, 0.25) is 0 Å². The molecule has 0 saturated carbocycles. The number of hydrogen-bond donors (Lipinski definition) is 0. The van der Waals surface area contributed by atoms with Crippen LogP contribution in [0, 0.1) is 0 Å². The van der Waals surface area contributed by atoms with Crippen molar-refractivity contribution < 1.29 is 13.9 Å². The van der Waals surface area contributed by atoms with E-state index < -0.39 is 6.17 Å². The molecule has 18 heavy (non-hydrogen) atoms. The maximum atomic E-state index is 13.0. The predicted octanol–water partition coefficient (Wildman–Crippen LogP) is 4.37. The topological polar surface area (TPSA) is 26.3 Å². The van der Waals surface area contributed by atoms with Crippen molar-refractivity contribution in [3.8, 4) is 0 Å². The molecule has 0 spiro atoms. The second-order valence-corrected chi connectivity index (χ2v) is 5.71. The number of hydrogen-bond acceptors (Lipinski definition) is 3. The first kappa shape index (κ1) is 17.8. The van der Waals surface area contributed by atoms with Crippen LogP contribution in [-0.4, -0.2) is 29.8 Å². The summed E-state index contributed by atoms with van der Waals surface area (Å²) in [4.78, 5) is 11.6. The average Bonchev–Trinajstić information content (AvgIpc) is 2.37. The zero-order chi connectivity index (χ0) is 13.8. The Morgan fingerprint density at radius 3 is 2.50 bits per heavy atom. The average molecular weight is 278 g/mol. The van der Waals surface area contributed by atoms with Crippen molar-refractivity contribution in [2.24, 2.45) is 0 Å². The Bertz CT molecular complexity index is 212. The third kappa shape index (κ3) is 8.78. The first-order valence-corrected chi connectivity index (χ1v) is 8.12. The van der Waals surface area contributed by atoms with Gasteiger partial charge in [-0.3, -0.25) is 4.79 Å². The van der Waals surface area contributed by atoms with Gasteiger partial charge in [-0.05, 0) is 44.8 Å². The summed E-state index contributed by atoms with van der Waals surface area (Å²) < 4.78 is 18.0. The highest BCUT2D eigenvalue weighted by Gasteiger charge is 2.18. The van der Waals surface area contributed by atoms with Gasteiger partial charge in [-0.25, -0.2) is 4.39 Å². The molecule has 4 heteroatoms. The highest BCUT2D eigenvalue weighted by Crippen LogP contribution is 2.20. The van der Waals surface area contributed by atoms with Crippen molar-refractivity contribution in [1.82, 2.24) is 0 Å². The fraction of sp³-hybridized carbons (Fsp3) is 0.929. The normalized spacial score (nSPS) is 14.2. The van der Waals surface area contributed by atoms with Crippen LogP contribution in [0.5, 0.6) is 0 Å². The van der Waals surface area contributed by atoms with Gasteiger partial charge in [0.25, 0.3) is 0 Å². The van der Waals surface area contributed by atoms with Gasteiger partial charge >= 0.3 is 5.97 Å². The van der Waals surface area contributed by atoms with Gasteiger partial charge in [0.15, 0.2) is 0 Å². The molecule has 0 aliphatic rings. The van der Waals surface area contributed by atoms with Crippen LogP contribution < -0.4 is 0 Å². The van der Waals surface area contributed by atoms with Crippen LogP contribution in [0.3, 0.4) is 0 Å². The lowest BCUT2D eigenvalue weighted by molar-refractivity contribution is -0.142. The Labute approximate surface area is 115 Å². The van der Waals surface area contributed by atoms with E-state index in [1.807, 2.05) is 13.8 Å². The molecule has 108 valence electrons. The Morgan fingerprint density at radius 2 is 1.94 bits per heavy atom. The summed E-state index contributed by atoms with van der Waals surface area (Å²) in [6.45, 7) is 6.22. The minimum atomic E-state index is -0.661. The molecule has 0 N–H and O–H groups in total. The molecule has 0 aliphatic heterocycles. The Balaban J connectivity index is 3.73. The zero-order valence-corrected chi connectivity index (χ0v) is 12.7. The first-order chi connectivity index (χ1) is 8.65. The second-order valence-electron chi connectivity index (χ2n) is 4.40. The Kier molecular flexibility index (Phi) is 11.7. The van der Waals surface area contributed by atoms with Crippen LogP contribution in [0.15, 0.2) is 0 Å². The van der Waals surface area contributed by atoms with E-state index in [0.29, 0.717) is 19.4 Å². The maximum Gasteiger partial charge on any atom is 0.319 e. The third-order valence-electron chi connectivity index (χ3n) is 2.77. The van der Waals surface area contributed by atoms with Crippen LogP contribution >= 0.6 is 11.8 Å². The molecule has 0 fully saturated rings. The van der Waals surface area contributed by atoms with Gasteiger partial charge in [0.05, 0.1) is 12.8 Å². The van der Waals surface area contributed by atoms with Crippen LogP contribution in [0.4, 0.5) is 4.39 Å². The fourth-order valence-corrected chi connectivity index (χ4v) is 2.93. The van der Waals surface area contributed by atoms with Gasteiger partial charge in [-0.2, -0.15) is 0 Å². The van der Waals surface area contributed by atoms with Crippen molar-refractivity contribution in [2.45, 2.75) is 70.7 Å². The monoisotopic (exact) mass is 278 g/mol. The fourth-order valence-electron chi connectivity index (χ4n) is 1.66. The maximum absolute atomic E-state index is 13.0. The summed E-state index contributed by atoms with van der Waals surface area (Å²) in [6, 6.07) is 0. The van der Waals surface area contributed by atoms with E-state index in [9.17, 15) is 9.18 Å². The van der Waals surface area contributed by atoms with Crippen molar-refractivity contribution in [3.05, 3.63) is 0 Å². The van der Waals surface area contributed by atoms with E-state index >= 15 is 0 Å². The molecule has 2 unspecified atom stereocenters. The lowest BCUT2D eigenvalue weighted by Gasteiger charge is -2.14. The molecular weight excluding hydrogens is 251 g/mol. The summed E-state index contributed by atoms with van der Waals surface area (Å²) in [6.07, 6.45) is 4.33. The molecule has 0 rings (SSSR count). The number of halogens is 1. The van der Waals surface area contributed by atoms with Gasteiger partial charge < -0.3 is 4.74 Å². The van der Waals surface area contributed by atoms with Crippen LogP contribution in [0.25, 0.3) is 0 Å². The number of ether oxygens (including phenoxy) is 1. The molecule has 0 radical (unpaired) electrons. The summed E-state index contributed by atoms with van der Waals surface area (Å²) in [5.74, 6) is 0.821. The van der Waals surface area contributed by atoms with Crippen molar-refractivity contribution in [3.63, 3.8) is 0 Å². The molecule has 0 aromatic carbocycles.